The van der Waals surface area contributed by atoms with Gasteiger partial charge in [0.05, 0.1) is 10.7 Å². The van der Waals surface area contributed by atoms with Crippen LogP contribution in [0.15, 0.2) is 28.6 Å². The number of rotatable bonds is 8. The fourth-order valence-corrected chi connectivity index (χ4v) is 3.22. The molecule has 2 rings (SSSR count). The van der Waals surface area contributed by atoms with Gasteiger partial charge in [-0.05, 0) is 25.0 Å². The number of hydrogen-bond acceptors (Lipinski definition) is 4. The fourth-order valence-electron chi connectivity index (χ4n) is 2.44. The van der Waals surface area contributed by atoms with Gasteiger partial charge in [-0.2, -0.15) is 13.2 Å². The Morgan fingerprint density at radius 1 is 1.28 bits per heavy atom. The molecule has 1 heterocycles. The van der Waals surface area contributed by atoms with Crippen molar-refractivity contribution in [2.24, 2.45) is 4.99 Å². The van der Waals surface area contributed by atoms with Gasteiger partial charge >= 0.3 is 6.18 Å². The highest BCUT2D eigenvalue weighted by Crippen LogP contribution is 2.23. The minimum atomic E-state index is -4.38. The topological polar surface area (TPSA) is 58.5 Å². The number of nitrogens with one attached hydrogen (secondary N) is 2. The van der Waals surface area contributed by atoms with E-state index in [0.29, 0.717) is 24.6 Å². The Morgan fingerprint density at radius 2 is 2.03 bits per heavy atom. The molecule has 0 aliphatic carbocycles. The molecular weight excluding hydrogens is 516 g/mol. The van der Waals surface area contributed by atoms with Crippen molar-refractivity contribution in [3.05, 3.63) is 45.4 Å². The molecule has 2 aromatic rings. The maximum absolute atomic E-state index is 12.5. The molecule has 0 radical (unpaired) electrons. The second kappa shape index (κ2) is 12.2. The highest BCUT2D eigenvalue weighted by atomic mass is 127. The predicted octanol–water partition coefficient (Wildman–Crippen LogP) is 4.48. The van der Waals surface area contributed by atoms with E-state index in [1.54, 1.807) is 37.4 Å². The van der Waals surface area contributed by atoms with Crippen molar-refractivity contribution in [1.82, 2.24) is 15.6 Å². The van der Waals surface area contributed by atoms with Gasteiger partial charge < -0.3 is 15.4 Å². The third-order valence-electron chi connectivity index (χ3n) is 3.86. The molecule has 0 aliphatic rings. The average molecular weight is 542 g/mol. The summed E-state index contributed by atoms with van der Waals surface area (Å²) in [6.45, 7) is 3.51. The summed E-state index contributed by atoms with van der Waals surface area (Å²) in [5.41, 5.74) is 2.49. The van der Waals surface area contributed by atoms with Crippen molar-refractivity contribution in [1.29, 1.82) is 0 Å². The monoisotopic (exact) mass is 542 g/mol. The van der Waals surface area contributed by atoms with Crippen molar-refractivity contribution in [3.63, 3.8) is 0 Å². The summed E-state index contributed by atoms with van der Waals surface area (Å²) in [5.74, 6) is 0.781. The highest BCUT2D eigenvalue weighted by molar-refractivity contribution is 14.0. The molecule has 0 unspecified atom stereocenters. The first-order valence-corrected chi connectivity index (χ1v) is 9.85. The molecule has 29 heavy (non-hydrogen) atoms. The number of aromatic nitrogens is 1. The summed E-state index contributed by atoms with van der Waals surface area (Å²) in [7, 11) is 1.64. The summed E-state index contributed by atoms with van der Waals surface area (Å²) >= 11 is 1.65. The zero-order valence-corrected chi connectivity index (χ0v) is 19.7. The smallest absolute Gasteiger partial charge is 0.422 e. The second-order valence-electron chi connectivity index (χ2n) is 6.20. The molecule has 1 aromatic carbocycles. The minimum Gasteiger partial charge on any atom is -0.484 e. The molecule has 0 saturated heterocycles. The van der Waals surface area contributed by atoms with Gasteiger partial charge in [0.25, 0.3) is 0 Å². The van der Waals surface area contributed by atoms with Crippen molar-refractivity contribution < 1.29 is 17.9 Å². The van der Waals surface area contributed by atoms with E-state index in [-0.39, 0.29) is 29.7 Å². The molecule has 0 amide bonds. The van der Waals surface area contributed by atoms with Crippen molar-refractivity contribution in [2.75, 3.05) is 20.2 Å². The Morgan fingerprint density at radius 3 is 2.66 bits per heavy atom. The van der Waals surface area contributed by atoms with Crippen molar-refractivity contribution in [3.8, 4) is 5.75 Å². The molecule has 1 aromatic heterocycles. The molecule has 0 bridgehead atoms. The van der Waals surface area contributed by atoms with Crippen LogP contribution in [0.2, 0.25) is 0 Å². The fraction of sp³-hybridized carbons (Fsp3) is 0.474. The quantitative estimate of drug-likeness (QED) is 0.294. The highest BCUT2D eigenvalue weighted by Gasteiger charge is 2.28. The van der Waals surface area contributed by atoms with Crippen LogP contribution in [0.4, 0.5) is 13.2 Å². The van der Waals surface area contributed by atoms with Crippen LogP contribution in [-0.2, 0) is 19.4 Å². The molecule has 5 nitrogen and oxygen atoms in total. The lowest BCUT2D eigenvalue weighted by Crippen LogP contribution is -2.38. The number of guanidine groups is 1. The van der Waals surface area contributed by atoms with Crippen LogP contribution in [0.5, 0.6) is 5.75 Å². The summed E-state index contributed by atoms with van der Waals surface area (Å²) in [5, 5.41) is 9.45. The van der Waals surface area contributed by atoms with E-state index in [1.807, 2.05) is 11.4 Å². The Hall–Kier alpha value is -1.56. The molecule has 0 saturated carbocycles. The van der Waals surface area contributed by atoms with E-state index in [4.69, 9.17) is 4.74 Å². The van der Waals surface area contributed by atoms with E-state index >= 15 is 0 Å². The average Bonchev–Trinajstić information content (AvgIpc) is 3.11. The Bertz CT molecular complexity index is 796. The van der Waals surface area contributed by atoms with E-state index in [0.717, 1.165) is 29.1 Å². The normalized spacial score (nSPS) is 11.7. The lowest BCUT2D eigenvalue weighted by atomic mass is 10.1. The molecule has 10 heteroatoms. The van der Waals surface area contributed by atoms with E-state index in [9.17, 15) is 13.2 Å². The SMILES string of the molecule is CCc1nc(CCNC(=NC)NCc2ccc(C)cc2OCC(F)(F)F)cs1.I. The first-order chi connectivity index (χ1) is 13.3. The largest absolute Gasteiger partial charge is 0.484 e. The number of hydrogen-bond donors (Lipinski definition) is 2. The van der Waals surface area contributed by atoms with Gasteiger partial charge in [-0.25, -0.2) is 4.98 Å². The third kappa shape index (κ3) is 9.20. The summed E-state index contributed by atoms with van der Waals surface area (Å²) < 4.78 is 42.4. The zero-order chi connectivity index (χ0) is 20.6. The number of aliphatic imine (C=N–C) groups is 1. The van der Waals surface area contributed by atoms with Crippen LogP contribution < -0.4 is 15.4 Å². The van der Waals surface area contributed by atoms with Gasteiger partial charge in [-0.3, -0.25) is 4.99 Å². The van der Waals surface area contributed by atoms with E-state index in [1.165, 1.54) is 0 Å². The molecule has 2 N–H and O–H groups in total. The first-order valence-electron chi connectivity index (χ1n) is 8.97. The van der Waals surface area contributed by atoms with Crippen molar-refractivity contribution >= 4 is 41.3 Å². The van der Waals surface area contributed by atoms with Crippen LogP contribution >= 0.6 is 35.3 Å². The molecule has 0 aliphatic heterocycles. The van der Waals surface area contributed by atoms with Gasteiger partial charge in [0.2, 0.25) is 0 Å². The number of alkyl halides is 3. The Balaban J connectivity index is 0.00000420. The van der Waals surface area contributed by atoms with Gasteiger partial charge in [0, 0.05) is 37.5 Å². The molecule has 0 atom stereocenters. The van der Waals surface area contributed by atoms with Gasteiger partial charge in [-0.1, -0.05) is 19.1 Å². The number of ether oxygens (including phenoxy) is 1. The van der Waals surface area contributed by atoms with E-state index in [2.05, 4.69) is 27.5 Å². The summed E-state index contributed by atoms with van der Waals surface area (Å²) in [4.78, 5) is 8.66. The molecule has 0 fully saturated rings. The predicted molar refractivity (Wildman–Crippen MR) is 122 cm³/mol. The van der Waals surface area contributed by atoms with Crippen LogP contribution in [-0.4, -0.2) is 37.3 Å². The molecular formula is C19H26F3IN4OS. The summed E-state index contributed by atoms with van der Waals surface area (Å²) in [6, 6.07) is 5.19. The lowest BCUT2D eigenvalue weighted by Gasteiger charge is -2.16. The lowest BCUT2D eigenvalue weighted by molar-refractivity contribution is -0.153. The number of aryl methyl sites for hydroxylation is 2. The number of benzene rings is 1. The zero-order valence-electron chi connectivity index (χ0n) is 16.6. The second-order valence-corrected chi connectivity index (χ2v) is 7.15. The minimum absolute atomic E-state index is 0. The third-order valence-corrected chi connectivity index (χ3v) is 4.90. The van der Waals surface area contributed by atoms with Crippen LogP contribution in [0, 0.1) is 6.92 Å². The maximum atomic E-state index is 12.5. The van der Waals surface area contributed by atoms with Crippen molar-refractivity contribution in [2.45, 2.75) is 39.4 Å². The Labute approximate surface area is 190 Å². The Kier molecular flexibility index (Phi) is 10.7. The van der Waals surface area contributed by atoms with E-state index < -0.39 is 12.8 Å². The van der Waals surface area contributed by atoms with Gasteiger partial charge in [0.1, 0.15) is 5.75 Å². The maximum Gasteiger partial charge on any atom is 0.422 e. The van der Waals surface area contributed by atoms with Crippen LogP contribution in [0.1, 0.15) is 28.8 Å². The first kappa shape index (κ1) is 25.5. The van der Waals surface area contributed by atoms with Crippen LogP contribution in [0.25, 0.3) is 0 Å². The number of thiazole rings is 1. The number of nitrogens with zero attached hydrogens (tertiary/aromatic N) is 2. The standard InChI is InChI=1S/C19H25F3N4OS.HI/c1-4-17-26-15(11-28-17)7-8-24-18(23-3)25-10-14-6-5-13(2)9-16(14)27-12-19(20,21)22;/h5-6,9,11H,4,7-8,10,12H2,1-3H3,(H2,23,24,25);1H. The summed E-state index contributed by atoms with van der Waals surface area (Å²) in [6.07, 6.45) is -2.68. The number of halogens is 4. The van der Waals surface area contributed by atoms with Gasteiger partial charge in [-0.15, -0.1) is 35.3 Å². The molecule has 0 spiro atoms. The molecule has 162 valence electrons. The van der Waals surface area contributed by atoms with Crippen LogP contribution in [0.3, 0.4) is 0 Å². The van der Waals surface area contributed by atoms with Gasteiger partial charge in [0.15, 0.2) is 12.6 Å².